The normalized spacial score (nSPS) is 13.8. The molecule has 0 aliphatic rings. The predicted molar refractivity (Wildman–Crippen MR) is 118 cm³/mol. The number of benzene rings is 1. The zero-order chi connectivity index (χ0) is 23.7. The Labute approximate surface area is 185 Å². The quantitative estimate of drug-likeness (QED) is 0.193. The lowest BCUT2D eigenvalue weighted by atomic mass is 10.0. The number of amides is 3. The maximum atomic E-state index is 12.9. The highest BCUT2D eigenvalue weighted by molar-refractivity contribution is 5.94. The summed E-state index contributed by atoms with van der Waals surface area (Å²) in [6, 6.07) is 3.96. The second kappa shape index (κ2) is 11.8. The smallest absolute Gasteiger partial charge is 0.326 e. The van der Waals surface area contributed by atoms with Crippen LogP contribution in [0, 0.1) is 0 Å². The number of nitrogens with two attached hydrogens (primary N) is 3. The SMILES string of the molecule is NCCCC[C@H](N)C(=O)N[C@@H](Cc1c[nH]c2ccccc12)C(=O)N[C@@H](CC(N)=O)C(=O)O. The number of carbonyl (C=O) groups excluding carboxylic acids is 3. The van der Waals surface area contributed by atoms with E-state index in [0.29, 0.717) is 25.8 Å². The number of aromatic nitrogens is 1. The van der Waals surface area contributed by atoms with Crippen molar-refractivity contribution >= 4 is 34.6 Å². The number of rotatable bonds is 13. The molecule has 1 aromatic heterocycles. The van der Waals surface area contributed by atoms with Crippen molar-refractivity contribution in [1.29, 1.82) is 0 Å². The van der Waals surface area contributed by atoms with E-state index in [9.17, 15) is 24.3 Å². The van der Waals surface area contributed by atoms with Crippen LogP contribution in [0.5, 0.6) is 0 Å². The van der Waals surface area contributed by atoms with Crippen molar-refractivity contribution in [2.45, 2.75) is 50.2 Å². The summed E-state index contributed by atoms with van der Waals surface area (Å²) in [5, 5.41) is 15.1. The zero-order valence-corrected chi connectivity index (χ0v) is 17.7. The van der Waals surface area contributed by atoms with Gasteiger partial charge in [0.05, 0.1) is 12.5 Å². The second-order valence-electron chi connectivity index (χ2n) is 7.59. The van der Waals surface area contributed by atoms with Crippen molar-refractivity contribution in [1.82, 2.24) is 15.6 Å². The van der Waals surface area contributed by atoms with Gasteiger partial charge in [-0.25, -0.2) is 4.79 Å². The molecule has 11 heteroatoms. The first-order chi connectivity index (χ1) is 15.2. The van der Waals surface area contributed by atoms with Gasteiger partial charge in [0.2, 0.25) is 17.7 Å². The molecule has 0 radical (unpaired) electrons. The Morgan fingerprint density at radius 1 is 1.03 bits per heavy atom. The number of carbonyl (C=O) groups is 4. The van der Waals surface area contributed by atoms with E-state index < -0.39 is 48.2 Å². The van der Waals surface area contributed by atoms with Gasteiger partial charge in [0, 0.05) is 23.5 Å². The lowest BCUT2D eigenvalue weighted by Gasteiger charge is -2.22. The third-order valence-electron chi connectivity index (χ3n) is 5.06. The number of nitrogens with one attached hydrogen (secondary N) is 3. The number of carboxylic acids is 1. The van der Waals surface area contributed by atoms with E-state index in [1.54, 1.807) is 6.20 Å². The third-order valence-corrected chi connectivity index (χ3v) is 5.06. The van der Waals surface area contributed by atoms with Crippen LogP contribution < -0.4 is 27.8 Å². The molecule has 0 saturated heterocycles. The van der Waals surface area contributed by atoms with Gasteiger partial charge in [0.25, 0.3) is 0 Å². The monoisotopic (exact) mass is 446 g/mol. The van der Waals surface area contributed by atoms with Gasteiger partial charge < -0.3 is 37.9 Å². The first-order valence-corrected chi connectivity index (χ1v) is 10.4. The largest absolute Gasteiger partial charge is 0.480 e. The van der Waals surface area contributed by atoms with E-state index in [-0.39, 0.29) is 6.42 Å². The Bertz CT molecular complexity index is 959. The molecule has 0 unspecified atom stereocenters. The van der Waals surface area contributed by atoms with Crippen molar-refractivity contribution in [3.63, 3.8) is 0 Å². The summed E-state index contributed by atoms with van der Waals surface area (Å²) < 4.78 is 0. The van der Waals surface area contributed by atoms with Gasteiger partial charge in [0.15, 0.2) is 0 Å². The number of para-hydroxylation sites is 1. The number of aromatic amines is 1. The molecule has 1 heterocycles. The lowest BCUT2D eigenvalue weighted by molar-refractivity contribution is -0.143. The topological polar surface area (TPSA) is 206 Å². The molecule has 2 rings (SSSR count). The minimum Gasteiger partial charge on any atom is -0.480 e. The first kappa shape index (κ1) is 24.8. The number of aliphatic carboxylic acids is 1. The standard InChI is InChI=1S/C21H30N6O5/c22-8-4-3-6-14(23)19(29)26-16(20(30)27-17(21(31)32)10-18(24)28)9-12-11-25-15-7-2-1-5-13(12)15/h1-2,5,7,11,14,16-17,25H,3-4,6,8-10,22-23H2,(H2,24,28)(H,26,29)(H,27,30)(H,31,32)/t14-,16-,17-/m0/s1. The van der Waals surface area contributed by atoms with E-state index >= 15 is 0 Å². The summed E-state index contributed by atoms with van der Waals surface area (Å²) in [6.45, 7) is 0.483. The number of H-pyrrole nitrogens is 1. The number of fused-ring (bicyclic) bond motifs is 1. The fraction of sp³-hybridized carbons (Fsp3) is 0.429. The molecular formula is C21H30N6O5. The molecule has 0 saturated carbocycles. The Kier molecular flexibility index (Phi) is 9.17. The summed E-state index contributed by atoms with van der Waals surface area (Å²) >= 11 is 0. The lowest BCUT2D eigenvalue weighted by Crippen LogP contribution is -2.55. The highest BCUT2D eigenvalue weighted by Gasteiger charge is 2.29. The van der Waals surface area contributed by atoms with E-state index in [4.69, 9.17) is 17.2 Å². The van der Waals surface area contributed by atoms with Gasteiger partial charge in [-0.3, -0.25) is 14.4 Å². The number of hydrogen-bond acceptors (Lipinski definition) is 6. The van der Waals surface area contributed by atoms with E-state index in [1.807, 2.05) is 24.3 Å². The molecule has 1 aromatic carbocycles. The van der Waals surface area contributed by atoms with Crippen molar-refractivity contribution < 1.29 is 24.3 Å². The molecular weight excluding hydrogens is 416 g/mol. The van der Waals surface area contributed by atoms with Crippen LogP contribution in [0.1, 0.15) is 31.2 Å². The summed E-state index contributed by atoms with van der Waals surface area (Å²) in [6.07, 6.45) is 2.99. The molecule has 11 nitrogen and oxygen atoms in total. The summed E-state index contributed by atoms with van der Waals surface area (Å²) in [5.41, 5.74) is 18.1. The van der Waals surface area contributed by atoms with Crippen LogP contribution >= 0.6 is 0 Å². The fourth-order valence-electron chi connectivity index (χ4n) is 3.32. The predicted octanol–water partition coefficient (Wildman–Crippen LogP) is -0.904. The van der Waals surface area contributed by atoms with Crippen molar-refractivity contribution in [2.24, 2.45) is 17.2 Å². The molecule has 174 valence electrons. The Balaban J connectivity index is 2.21. The molecule has 0 spiro atoms. The van der Waals surface area contributed by atoms with Crippen LogP contribution in [0.3, 0.4) is 0 Å². The zero-order valence-electron chi connectivity index (χ0n) is 17.7. The third kappa shape index (κ3) is 7.06. The Morgan fingerprint density at radius 3 is 2.38 bits per heavy atom. The van der Waals surface area contributed by atoms with Crippen LogP contribution in [0.25, 0.3) is 10.9 Å². The molecule has 2 aromatic rings. The molecule has 10 N–H and O–H groups in total. The van der Waals surface area contributed by atoms with Gasteiger partial charge >= 0.3 is 5.97 Å². The molecule has 0 fully saturated rings. The van der Waals surface area contributed by atoms with Crippen LogP contribution in [0.4, 0.5) is 0 Å². The van der Waals surface area contributed by atoms with Crippen LogP contribution in [-0.2, 0) is 25.6 Å². The molecule has 0 aliphatic carbocycles. The summed E-state index contributed by atoms with van der Waals surface area (Å²) in [4.78, 5) is 51.2. The van der Waals surface area contributed by atoms with E-state index in [1.165, 1.54) is 0 Å². The van der Waals surface area contributed by atoms with E-state index in [0.717, 1.165) is 16.5 Å². The highest BCUT2D eigenvalue weighted by atomic mass is 16.4. The molecule has 3 amide bonds. The van der Waals surface area contributed by atoms with Gasteiger partial charge in [-0.05, 0) is 31.0 Å². The van der Waals surface area contributed by atoms with Gasteiger partial charge in [-0.1, -0.05) is 24.6 Å². The van der Waals surface area contributed by atoms with Crippen molar-refractivity contribution in [3.05, 3.63) is 36.0 Å². The molecule has 32 heavy (non-hydrogen) atoms. The van der Waals surface area contributed by atoms with Gasteiger partial charge in [-0.15, -0.1) is 0 Å². The number of carboxylic acid groups (broad SMARTS) is 1. The molecule has 3 atom stereocenters. The minimum atomic E-state index is -1.51. The summed E-state index contributed by atoms with van der Waals surface area (Å²) in [5.74, 6) is -3.58. The highest BCUT2D eigenvalue weighted by Crippen LogP contribution is 2.19. The first-order valence-electron chi connectivity index (χ1n) is 10.4. The van der Waals surface area contributed by atoms with Crippen LogP contribution in [-0.4, -0.2) is 58.5 Å². The molecule has 0 aliphatic heterocycles. The number of unbranched alkanes of at least 4 members (excludes halogenated alkanes) is 1. The average Bonchev–Trinajstić information content (AvgIpc) is 3.15. The maximum absolute atomic E-state index is 12.9. The number of hydrogen-bond donors (Lipinski definition) is 7. The Morgan fingerprint density at radius 2 is 1.72 bits per heavy atom. The summed E-state index contributed by atoms with van der Waals surface area (Å²) in [7, 11) is 0. The average molecular weight is 447 g/mol. The molecule has 0 bridgehead atoms. The van der Waals surface area contributed by atoms with Gasteiger partial charge in [0.1, 0.15) is 12.1 Å². The minimum absolute atomic E-state index is 0.0834. The van der Waals surface area contributed by atoms with Gasteiger partial charge in [-0.2, -0.15) is 0 Å². The van der Waals surface area contributed by atoms with Crippen molar-refractivity contribution in [3.8, 4) is 0 Å². The van der Waals surface area contributed by atoms with Crippen LogP contribution in [0.15, 0.2) is 30.5 Å². The number of primary amides is 1. The second-order valence-corrected chi connectivity index (χ2v) is 7.59. The Hall–Kier alpha value is -3.44. The van der Waals surface area contributed by atoms with Crippen LogP contribution in [0.2, 0.25) is 0 Å². The maximum Gasteiger partial charge on any atom is 0.326 e. The fourth-order valence-corrected chi connectivity index (χ4v) is 3.32. The van der Waals surface area contributed by atoms with E-state index in [2.05, 4.69) is 15.6 Å². The van der Waals surface area contributed by atoms with Crippen molar-refractivity contribution in [2.75, 3.05) is 6.54 Å².